The van der Waals surface area contributed by atoms with Crippen LogP contribution in [-0.2, 0) is 9.63 Å². The fourth-order valence-corrected chi connectivity index (χ4v) is 3.52. The van der Waals surface area contributed by atoms with Crippen molar-refractivity contribution in [3.63, 3.8) is 0 Å². The molecule has 0 spiro atoms. The predicted molar refractivity (Wildman–Crippen MR) is 132 cm³/mol. The fourth-order valence-electron chi connectivity index (χ4n) is 3.52. The highest BCUT2D eigenvalue weighted by Crippen LogP contribution is 2.27. The van der Waals surface area contributed by atoms with E-state index in [1.807, 2.05) is 7.05 Å². The number of aryl methyl sites for hydroxylation is 1. The largest absolute Gasteiger partial charge is 0.449 e. The van der Waals surface area contributed by atoms with Crippen LogP contribution in [0.5, 0.6) is 0 Å². The number of hydrogen-bond acceptors (Lipinski definition) is 8. The Bertz CT molecular complexity index is 1030. The minimum atomic E-state index is -0.604. The summed E-state index contributed by atoms with van der Waals surface area (Å²) < 4.78 is 17.9. The van der Waals surface area contributed by atoms with Gasteiger partial charge >= 0.3 is 0 Å². The molecule has 1 fully saturated rings. The number of carbonyl (C=O) groups excluding carboxylic acids is 2. The maximum atomic E-state index is 12.8. The van der Waals surface area contributed by atoms with E-state index >= 15 is 0 Å². The van der Waals surface area contributed by atoms with Crippen molar-refractivity contribution in [3.8, 4) is 0 Å². The molecule has 34 heavy (non-hydrogen) atoms. The van der Waals surface area contributed by atoms with Crippen molar-refractivity contribution in [1.29, 1.82) is 0 Å². The van der Waals surface area contributed by atoms with Gasteiger partial charge in [-0.15, -0.1) is 0 Å². The number of benzene rings is 1. The molecule has 1 aromatic carbocycles. The summed E-state index contributed by atoms with van der Waals surface area (Å²) in [6, 6.07) is 10.9. The second kappa shape index (κ2) is 14.1. The topological polar surface area (TPSA) is 105 Å². The number of aldehydes is 2. The lowest BCUT2D eigenvalue weighted by Crippen LogP contribution is -2.26. The third-order valence-electron chi connectivity index (χ3n) is 5.42. The lowest BCUT2D eigenvalue weighted by Gasteiger charge is -2.24. The number of nitrogens with one attached hydrogen (secondary N) is 3. The van der Waals surface area contributed by atoms with Crippen LogP contribution in [0.1, 0.15) is 41.8 Å². The Morgan fingerprint density at radius 2 is 1.68 bits per heavy atom. The van der Waals surface area contributed by atoms with Crippen LogP contribution in [0.25, 0.3) is 11.1 Å². The number of pyridine rings is 1. The Balaban J connectivity index is 0.000000185. The van der Waals surface area contributed by atoms with E-state index in [4.69, 9.17) is 9.25 Å². The van der Waals surface area contributed by atoms with Gasteiger partial charge in [-0.05, 0) is 56.9 Å². The minimum absolute atomic E-state index is 0.126. The van der Waals surface area contributed by atoms with Crippen LogP contribution in [0.3, 0.4) is 0 Å². The maximum absolute atomic E-state index is 12.8. The summed E-state index contributed by atoms with van der Waals surface area (Å²) in [5, 5.41) is 5.80. The molecule has 2 aromatic heterocycles. The second-order valence-electron chi connectivity index (χ2n) is 7.80. The summed E-state index contributed by atoms with van der Waals surface area (Å²) in [6.45, 7) is 2.08. The third kappa shape index (κ3) is 7.93. The number of halogens is 1. The van der Waals surface area contributed by atoms with Crippen molar-refractivity contribution in [2.24, 2.45) is 5.92 Å². The molecule has 0 atom stereocenters. The van der Waals surface area contributed by atoms with Gasteiger partial charge in [0.05, 0.1) is 6.10 Å². The zero-order valence-electron chi connectivity index (χ0n) is 20.1. The first kappa shape index (κ1) is 26.9. The van der Waals surface area contributed by atoms with Crippen LogP contribution in [0.2, 0.25) is 0 Å². The van der Waals surface area contributed by atoms with Gasteiger partial charge in [-0.3, -0.25) is 9.63 Å². The van der Waals surface area contributed by atoms with Gasteiger partial charge in [-0.2, -0.15) is 4.39 Å². The van der Waals surface area contributed by atoms with Gasteiger partial charge in [0.2, 0.25) is 5.95 Å². The number of furan rings is 1. The first-order chi connectivity index (χ1) is 16.4. The van der Waals surface area contributed by atoms with E-state index in [1.165, 1.54) is 23.4 Å². The normalized spacial score (nSPS) is 17.0. The number of hydroxylamine groups is 1. The van der Waals surface area contributed by atoms with E-state index in [0.29, 0.717) is 29.2 Å². The van der Waals surface area contributed by atoms with Gasteiger partial charge in [-0.25, -0.2) is 10.5 Å². The van der Waals surface area contributed by atoms with Crippen LogP contribution in [-0.4, -0.2) is 44.8 Å². The molecular formula is C25H33FN4O4. The number of anilines is 2. The minimum Gasteiger partial charge on any atom is -0.449 e. The van der Waals surface area contributed by atoms with Crippen molar-refractivity contribution in [1.82, 2.24) is 10.5 Å². The first-order valence-corrected chi connectivity index (χ1v) is 11.2. The summed E-state index contributed by atoms with van der Waals surface area (Å²) in [6.07, 6.45) is 5.91. The molecule has 0 aliphatic heterocycles. The number of nitrogens with zero attached hydrogens (tertiary/aromatic N) is 1. The fraction of sp³-hybridized carbons (Fsp3) is 0.400. The van der Waals surface area contributed by atoms with Gasteiger partial charge < -0.3 is 19.8 Å². The van der Waals surface area contributed by atoms with Gasteiger partial charge in [-0.1, -0.05) is 17.7 Å². The summed E-state index contributed by atoms with van der Waals surface area (Å²) in [7, 11) is 5.31. The van der Waals surface area contributed by atoms with Crippen LogP contribution >= 0.6 is 0 Å². The Labute approximate surface area is 199 Å². The van der Waals surface area contributed by atoms with Gasteiger partial charge in [0.25, 0.3) is 0 Å². The molecule has 0 unspecified atom stereocenters. The van der Waals surface area contributed by atoms with Crippen molar-refractivity contribution >= 4 is 35.0 Å². The molecule has 1 aliphatic carbocycles. The molecule has 0 radical (unpaired) electrons. The van der Waals surface area contributed by atoms with E-state index in [1.54, 1.807) is 14.1 Å². The van der Waals surface area contributed by atoms with Gasteiger partial charge in [0.15, 0.2) is 17.6 Å². The average Bonchev–Trinajstić information content (AvgIpc) is 3.23. The maximum Gasteiger partial charge on any atom is 0.213 e. The van der Waals surface area contributed by atoms with E-state index in [9.17, 15) is 14.0 Å². The molecule has 3 N–H and O–H groups in total. The van der Waals surface area contributed by atoms with Gasteiger partial charge in [0, 0.05) is 32.7 Å². The number of aromatic nitrogens is 1. The molecule has 3 aromatic rings. The van der Waals surface area contributed by atoms with Crippen molar-refractivity contribution < 1.29 is 23.2 Å². The van der Waals surface area contributed by atoms with Crippen LogP contribution in [0.4, 0.5) is 15.8 Å². The number of carbonyl (C=O) groups is 2. The molecule has 8 nitrogen and oxygen atoms in total. The lowest BCUT2D eigenvalue weighted by molar-refractivity contribution is -0.113. The van der Waals surface area contributed by atoms with E-state index < -0.39 is 5.95 Å². The van der Waals surface area contributed by atoms with Crippen molar-refractivity contribution in [3.05, 3.63) is 53.7 Å². The summed E-state index contributed by atoms with van der Waals surface area (Å²) >= 11 is 0. The average molecular weight is 473 g/mol. The molecular weight excluding hydrogens is 439 g/mol. The van der Waals surface area contributed by atoms with Crippen LogP contribution in [0.15, 0.2) is 40.8 Å². The molecule has 9 heteroatoms. The predicted octanol–water partition coefficient (Wildman–Crippen LogP) is 4.75. The zero-order chi connectivity index (χ0) is 24.9. The molecule has 0 saturated heterocycles. The Morgan fingerprint density at radius 3 is 2.21 bits per heavy atom. The second-order valence-corrected chi connectivity index (χ2v) is 7.80. The Hall–Kier alpha value is -3.30. The lowest BCUT2D eigenvalue weighted by atomic mass is 9.89. The van der Waals surface area contributed by atoms with Crippen LogP contribution in [0, 0.1) is 18.8 Å². The third-order valence-corrected chi connectivity index (χ3v) is 5.42. The van der Waals surface area contributed by atoms with E-state index in [0.717, 1.165) is 32.0 Å². The highest BCUT2D eigenvalue weighted by molar-refractivity contribution is 5.96. The molecule has 0 amide bonds. The molecule has 0 bridgehead atoms. The Morgan fingerprint density at radius 1 is 1.00 bits per heavy atom. The first-order valence-electron chi connectivity index (χ1n) is 11.2. The monoisotopic (exact) mass is 472 g/mol. The highest BCUT2D eigenvalue weighted by Gasteiger charge is 2.20. The quantitative estimate of drug-likeness (QED) is 0.268. The van der Waals surface area contributed by atoms with Crippen molar-refractivity contribution in [2.75, 3.05) is 31.8 Å². The molecule has 2 heterocycles. The summed E-state index contributed by atoms with van der Waals surface area (Å²) in [4.78, 5) is 29.8. The van der Waals surface area contributed by atoms with Crippen molar-refractivity contribution in [2.45, 2.75) is 38.7 Å². The molecule has 1 saturated carbocycles. The summed E-state index contributed by atoms with van der Waals surface area (Å²) in [5.74, 6) is -0.195. The summed E-state index contributed by atoms with van der Waals surface area (Å²) in [5.41, 5.74) is 6.28. The number of fused-ring (bicyclic) bond motifs is 1. The number of hydrogen-bond donors (Lipinski definition) is 3. The molecule has 184 valence electrons. The molecule has 1 aliphatic rings. The highest BCUT2D eigenvalue weighted by atomic mass is 19.1. The molecule has 4 rings (SSSR count). The van der Waals surface area contributed by atoms with E-state index in [2.05, 4.69) is 52.3 Å². The van der Waals surface area contributed by atoms with E-state index in [-0.39, 0.29) is 11.7 Å². The SMILES string of the molecule is CNOC1CCC(C=O)CC1.CNc1c(C=O)oc2ccc(F)nc12.CNc1ccc(C)cc1. The Kier molecular flexibility index (Phi) is 11.2. The van der Waals surface area contributed by atoms with Crippen LogP contribution < -0.4 is 16.1 Å². The standard InChI is InChI=1S/C9H7FN2O2.C8H15NO2.C8H11N/c1-11-8-6(4-13)14-5-2-3-7(10)12-9(5)8;1-9-11-8-4-2-7(6-10)3-5-8;1-7-3-5-8(9-2)6-4-7/h2-4,11H,1H3;6-9H,2-5H2,1H3;3-6,9H,1-2H3. The smallest absolute Gasteiger partial charge is 0.213 e. The zero-order valence-corrected chi connectivity index (χ0v) is 20.1. The van der Waals surface area contributed by atoms with Gasteiger partial charge in [0.1, 0.15) is 17.5 Å². The number of rotatable bonds is 6.